The molecular formula is C27H27N5O2S. The van der Waals surface area contributed by atoms with Gasteiger partial charge in [-0.25, -0.2) is 0 Å². The molecule has 0 bridgehead atoms. The van der Waals surface area contributed by atoms with Crippen molar-refractivity contribution in [3.63, 3.8) is 0 Å². The largest absolute Gasteiger partial charge is 0.378 e. The minimum atomic E-state index is -0.0890. The number of amides is 1. The number of anilines is 2. The molecule has 3 aromatic carbocycles. The van der Waals surface area contributed by atoms with E-state index in [9.17, 15) is 4.79 Å². The van der Waals surface area contributed by atoms with E-state index in [4.69, 9.17) is 4.74 Å². The maximum atomic E-state index is 12.7. The molecule has 0 spiro atoms. The van der Waals surface area contributed by atoms with Crippen LogP contribution in [0.3, 0.4) is 0 Å². The Morgan fingerprint density at radius 2 is 1.60 bits per heavy atom. The molecular weight excluding hydrogens is 458 g/mol. The van der Waals surface area contributed by atoms with Crippen molar-refractivity contribution in [2.75, 3.05) is 42.3 Å². The van der Waals surface area contributed by atoms with Gasteiger partial charge in [-0.15, -0.1) is 10.2 Å². The summed E-state index contributed by atoms with van der Waals surface area (Å²) in [6.07, 6.45) is 0. The number of hydrogen-bond donors (Lipinski definition) is 1. The molecule has 7 nitrogen and oxygen atoms in total. The summed E-state index contributed by atoms with van der Waals surface area (Å²) in [4.78, 5) is 14.9. The Labute approximate surface area is 209 Å². The van der Waals surface area contributed by atoms with E-state index >= 15 is 0 Å². The number of carbonyl (C=O) groups is 1. The van der Waals surface area contributed by atoms with Gasteiger partial charge in [0.15, 0.2) is 5.16 Å². The first-order chi connectivity index (χ1) is 17.2. The SMILES string of the molecule is Cc1ccc(-n2c(SCC(=O)Nc3ccc(-c4ccccc4)cc3)nnc2N2CCOCC2)cc1. The molecule has 35 heavy (non-hydrogen) atoms. The Morgan fingerprint density at radius 1 is 0.914 bits per heavy atom. The predicted molar refractivity (Wildman–Crippen MR) is 140 cm³/mol. The number of thioether (sulfide) groups is 1. The molecule has 1 amide bonds. The van der Waals surface area contributed by atoms with Crippen LogP contribution in [-0.4, -0.2) is 52.7 Å². The topological polar surface area (TPSA) is 72.3 Å². The van der Waals surface area contributed by atoms with Crippen molar-refractivity contribution in [2.45, 2.75) is 12.1 Å². The maximum absolute atomic E-state index is 12.7. The van der Waals surface area contributed by atoms with Crippen molar-refractivity contribution in [2.24, 2.45) is 0 Å². The van der Waals surface area contributed by atoms with Gasteiger partial charge in [0.2, 0.25) is 11.9 Å². The highest BCUT2D eigenvalue weighted by Gasteiger charge is 2.22. The monoisotopic (exact) mass is 485 g/mol. The minimum absolute atomic E-state index is 0.0890. The lowest BCUT2D eigenvalue weighted by atomic mass is 10.1. The van der Waals surface area contributed by atoms with Crippen LogP contribution < -0.4 is 10.2 Å². The summed E-state index contributed by atoms with van der Waals surface area (Å²) in [5.41, 5.74) is 5.18. The first-order valence-corrected chi connectivity index (χ1v) is 12.6. The van der Waals surface area contributed by atoms with Crippen LogP contribution in [0.5, 0.6) is 0 Å². The van der Waals surface area contributed by atoms with Crippen LogP contribution in [0.1, 0.15) is 5.56 Å². The lowest BCUT2D eigenvalue weighted by Gasteiger charge is -2.27. The Hall–Kier alpha value is -3.62. The van der Waals surface area contributed by atoms with Crippen molar-refractivity contribution in [1.82, 2.24) is 14.8 Å². The van der Waals surface area contributed by atoms with Crippen LogP contribution in [0.15, 0.2) is 84.0 Å². The number of benzene rings is 3. The molecule has 1 aliphatic heterocycles. The van der Waals surface area contributed by atoms with Crippen LogP contribution in [0.25, 0.3) is 16.8 Å². The molecule has 0 saturated carbocycles. The van der Waals surface area contributed by atoms with E-state index in [0.29, 0.717) is 18.4 Å². The standard InChI is InChI=1S/C27H27N5O2S/c1-20-7-13-24(14-8-20)32-26(31-15-17-34-18-16-31)29-30-27(32)35-19-25(33)28-23-11-9-22(10-12-23)21-5-3-2-4-6-21/h2-14H,15-19H2,1H3,(H,28,33). The van der Waals surface area contributed by atoms with E-state index in [1.807, 2.05) is 47.0 Å². The highest BCUT2D eigenvalue weighted by atomic mass is 32.2. The van der Waals surface area contributed by atoms with Crippen LogP contribution in [0.2, 0.25) is 0 Å². The Bertz CT molecular complexity index is 1270. The highest BCUT2D eigenvalue weighted by molar-refractivity contribution is 7.99. The minimum Gasteiger partial charge on any atom is -0.378 e. The first kappa shape index (κ1) is 23.1. The zero-order valence-electron chi connectivity index (χ0n) is 19.6. The van der Waals surface area contributed by atoms with Crippen LogP contribution >= 0.6 is 11.8 Å². The summed E-state index contributed by atoms with van der Waals surface area (Å²) >= 11 is 1.38. The first-order valence-electron chi connectivity index (χ1n) is 11.6. The van der Waals surface area contributed by atoms with Gasteiger partial charge in [-0.05, 0) is 42.3 Å². The number of nitrogens with one attached hydrogen (secondary N) is 1. The molecule has 4 aromatic rings. The predicted octanol–water partition coefficient (Wildman–Crippen LogP) is 4.81. The van der Waals surface area contributed by atoms with Crippen LogP contribution in [0.4, 0.5) is 11.6 Å². The van der Waals surface area contributed by atoms with E-state index in [0.717, 1.165) is 41.5 Å². The fourth-order valence-electron chi connectivity index (χ4n) is 3.95. The van der Waals surface area contributed by atoms with E-state index < -0.39 is 0 Å². The number of rotatable bonds is 7. The molecule has 0 radical (unpaired) electrons. The van der Waals surface area contributed by atoms with E-state index in [-0.39, 0.29) is 11.7 Å². The molecule has 1 fully saturated rings. The second-order valence-electron chi connectivity index (χ2n) is 8.33. The lowest BCUT2D eigenvalue weighted by molar-refractivity contribution is -0.113. The molecule has 1 saturated heterocycles. The van der Waals surface area contributed by atoms with Gasteiger partial charge in [-0.2, -0.15) is 0 Å². The average molecular weight is 486 g/mol. The van der Waals surface area contributed by atoms with Crippen LogP contribution in [0, 0.1) is 6.92 Å². The molecule has 178 valence electrons. The normalized spacial score (nSPS) is 13.6. The average Bonchev–Trinajstić information content (AvgIpc) is 3.33. The van der Waals surface area contributed by atoms with Gasteiger partial charge in [-0.1, -0.05) is 71.9 Å². The molecule has 1 N–H and O–H groups in total. The number of carbonyl (C=O) groups excluding carboxylic acids is 1. The summed E-state index contributed by atoms with van der Waals surface area (Å²) in [6, 6.07) is 26.3. The zero-order chi connectivity index (χ0) is 24.0. The Morgan fingerprint density at radius 3 is 2.31 bits per heavy atom. The number of aromatic nitrogens is 3. The van der Waals surface area contributed by atoms with Gasteiger partial charge in [0, 0.05) is 18.8 Å². The number of morpholine rings is 1. The summed E-state index contributed by atoms with van der Waals surface area (Å²) in [5, 5.41) is 12.6. The quantitative estimate of drug-likeness (QED) is 0.379. The van der Waals surface area contributed by atoms with Crippen molar-refractivity contribution in [3.8, 4) is 16.8 Å². The second kappa shape index (κ2) is 10.8. The number of nitrogens with zero attached hydrogens (tertiary/aromatic N) is 4. The van der Waals surface area contributed by atoms with Gasteiger partial charge < -0.3 is 15.0 Å². The molecule has 0 atom stereocenters. The molecule has 0 unspecified atom stereocenters. The lowest BCUT2D eigenvalue weighted by Crippen LogP contribution is -2.37. The molecule has 8 heteroatoms. The maximum Gasteiger partial charge on any atom is 0.234 e. The van der Waals surface area contributed by atoms with E-state index in [2.05, 4.69) is 63.7 Å². The van der Waals surface area contributed by atoms with Crippen molar-refractivity contribution < 1.29 is 9.53 Å². The molecule has 2 heterocycles. The van der Waals surface area contributed by atoms with E-state index in [1.165, 1.54) is 17.3 Å². The second-order valence-corrected chi connectivity index (χ2v) is 9.28. The Kier molecular flexibility index (Phi) is 7.11. The van der Waals surface area contributed by atoms with Crippen LogP contribution in [-0.2, 0) is 9.53 Å². The van der Waals surface area contributed by atoms with Gasteiger partial charge >= 0.3 is 0 Å². The summed E-state index contributed by atoms with van der Waals surface area (Å²) in [7, 11) is 0. The van der Waals surface area contributed by atoms with Gasteiger partial charge in [-0.3, -0.25) is 9.36 Å². The Balaban J connectivity index is 1.28. The molecule has 1 aliphatic rings. The van der Waals surface area contributed by atoms with Crippen molar-refractivity contribution in [1.29, 1.82) is 0 Å². The number of ether oxygens (including phenoxy) is 1. The molecule has 1 aromatic heterocycles. The number of aryl methyl sites for hydroxylation is 1. The summed E-state index contributed by atoms with van der Waals surface area (Å²) in [5.74, 6) is 0.915. The summed E-state index contributed by atoms with van der Waals surface area (Å²) in [6.45, 7) is 4.90. The van der Waals surface area contributed by atoms with Crippen molar-refractivity contribution >= 4 is 29.3 Å². The molecule has 0 aliphatic carbocycles. The van der Waals surface area contributed by atoms with Crippen molar-refractivity contribution in [3.05, 3.63) is 84.4 Å². The highest BCUT2D eigenvalue weighted by Crippen LogP contribution is 2.28. The third kappa shape index (κ3) is 5.55. The van der Waals surface area contributed by atoms with Gasteiger partial charge in [0.25, 0.3) is 0 Å². The fourth-order valence-corrected chi connectivity index (χ4v) is 4.69. The smallest absolute Gasteiger partial charge is 0.234 e. The number of hydrogen-bond acceptors (Lipinski definition) is 6. The third-order valence-electron chi connectivity index (χ3n) is 5.81. The molecule has 5 rings (SSSR count). The third-order valence-corrected chi connectivity index (χ3v) is 6.74. The van der Waals surface area contributed by atoms with Gasteiger partial charge in [0.05, 0.1) is 24.7 Å². The van der Waals surface area contributed by atoms with E-state index in [1.54, 1.807) is 0 Å². The summed E-state index contributed by atoms with van der Waals surface area (Å²) < 4.78 is 7.53. The zero-order valence-corrected chi connectivity index (χ0v) is 20.4. The fraction of sp³-hybridized carbons (Fsp3) is 0.222. The van der Waals surface area contributed by atoms with Gasteiger partial charge in [0.1, 0.15) is 0 Å².